The second-order valence-corrected chi connectivity index (χ2v) is 4.42. The maximum Gasteiger partial charge on any atom is 0.343 e. The van der Waals surface area contributed by atoms with Gasteiger partial charge in [0.05, 0.1) is 11.9 Å². The van der Waals surface area contributed by atoms with Crippen molar-refractivity contribution in [1.82, 2.24) is 9.71 Å². The fourth-order valence-corrected chi connectivity index (χ4v) is 1.92. The Morgan fingerprint density at radius 3 is 3.00 bits per heavy atom. The molecular weight excluding hydrogens is 254 g/mol. The zero-order chi connectivity index (χ0) is 13.0. The maximum absolute atomic E-state index is 11.3. The van der Waals surface area contributed by atoms with Crippen LogP contribution in [-0.2, 0) is 0 Å². The van der Waals surface area contributed by atoms with E-state index in [1.165, 1.54) is 5.38 Å². The van der Waals surface area contributed by atoms with E-state index >= 15 is 0 Å². The number of rotatable bonds is 5. The van der Waals surface area contributed by atoms with E-state index in [1.54, 1.807) is 6.20 Å². The first-order chi connectivity index (χ1) is 8.68. The van der Waals surface area contributed by atoms with E-state index in [4.69, 9.17) is 4.84 Å². The Morgan fingerprint density at radius 1 is 1.56 bits per heavy atom. The molecule has 0 fully saturated rings. The Hall–Kier alpha value is -2.02. The topological polar surface area (TPSA) is 67.6 Å². The van der Waals surface area contributed by atoms with Gasteiger partial charge in [-0.2, -0.15) is 0 Å². The van der Waals surface area contributed by atoms with Crippen LogP contribution in [0.2, 0.25) is 0 Å². The molecule has 0 spiro atoms. The van der Waals surface area contributed by atoms with Crippen LogP contribution in [0, 0.1) is 0 Å². The summed E-state index contributed by atoms with van der Waals surface area (Å²) in [6.07, 6.45) is 1.71. The first-order valence-electron chi connectivity index (χ1n) is 5.33. The van der Waals surface area contributed by atoms with Gasteiger partial charge in [-0.15, -0.1) is 0 Å². The van der Waals surface area contributed by atoms with Gasteiger partial charge in [0, 0.05) is 13.2 Å². The Balaban J connectivity index is 1.88. The largest absolute Gasteiger partial charge is 0.492 e. The molecule has 0 saturated heterocycles. The maximum atomic E-state index is 11.3. The molecule has 2 aromatic rings. The summed E-state index contributed by atoms with van der Waals surface area (Å²) in [6.45, 7) is 0.829. The lowest BCUT2D eigenvalue weighted by atomic mass is 10.4. The number of hydrogen-bond donors (Lipinski definition) is 1. The highest BCUT2D eigenvalue weighted by Crippen LogP contribution is 2.07. The zero-order valence-electron chi connectivity index (χ0n) is 9.81. The van der Waals surface area contributed by atoms with E-state index in [-0.39, 0.29) is 17.4 Å². The molecule has 7 heteroatoms. The number of anilines is 1. The van der Waals surface area contributed by atoms with E-state index in [1.807, 2.05) is 30.1 Å². The van der Waals surface area contributed by atoms with Crippen LogP contribution in [0.3, 0.4) is 0 Å². The van der Waals surface area contributed by atoms with Crippen LogP contribution in [0.5, 0.6) is 5.88 Å². The fraction of sp³-hybridized carbons (Fsp3) is 0.273. The second-order valence-electron chi connectivity index (χ2n) is 3.60. The monoisotopic (exact) mass is 267 g/mol. The number of likely N-dealkylation sites (N-methyl/N-ethyl adjacent to an activating group) is 1. The fourth-order valence-electron chi connectivity index (χ4n) is 1.37. The van der Waals surface area contributed by atoms with Gasteiger partial charge < -0.3 is 14.8 Å². The molecule has 0 aliphatic heterocycles. The molecule has 2 rings (SSSR count). The summed E-state index contributed by atoms with van der Waals surface area (Å²) in [7, 11) is 1.88. The van der Waals surface area contributed by atoms with Gasteiger partial charge in [-0.3, -0.25) is 4.79 Å². The summed E-state index contributed by atoms with van der Waals surface area (Å²) in [6, 6.07) is 5.62. The summed E-state index contributed by atoms with van der Waals surface area (Å²) in [4.78, 5) is 22.2. The van der Waals surface area contributed by atoms with Crippen LogP contribution in [0.1, 0.15) is 0 Å². The summed E-state index contributed by atoms with van der Waals surface area (Å²) < 4.78 is 0.886. The Kier molecular flexibility index (Phi) is 3.83. The predicted octanol–water partition coefficient (Wildman–Crippen LogP) is 0.575. The molecule has 0 aromatic carbocycles. The van der Waals surface area contributed by atoms with Crippen molar-refractivity contribution in [2.24, 2.45) is 0 Å². The SMILES string of the molecule is CN(CCOn1c(O)csc1=O)c1ccccn1. The average molecular weight is 267 g/mol. The van der Waals surface area contributed by atoms with Crippen LogP contribution in [-0.4, -0.2) is 35.0 Å². The standard InChI is InChI=1S/C11H13N3O3S/c1-13(9-4-2-3-5-12-9)6-7-17-14-10(15)8-18-11(14)16/h2-5,8,15H,6-7H2,1H3. The van der Waals surface area contributed by atoms with Gasteiger partial charge in [-0.25, -0.2) is 4.98 Å². The normalized spacial score (nSPS) is 10.3. The van der Waals surface area contributed by atoms with Gasteiger partial charge in [0.25, 0.3) is 0 Å². The van der Waals surface area contributed by atoms with Crippen LogP contribution in [0.15, 0.2) is 34.6 Å². The molecule has 0 aliphatic rings. The molecule has 0 bridgehead atoms. The molecule has 0 amide bonds. The predicted molar refractivity (Wildman–Crippen MR) is 69.2 cm³/mol. The van der Waals surface area contributed by atoms with Gasteiger partial charge in [-0.05, 0) is 12.1 Å². The smallest absolute Gasteiger partial charge is 0.343 e. The molecule has 18 heavy (non-hydrogen) atoms. The Morgan fingerprint density at radius 2 is 2.39 bits per heavy atom. The van der Waals surface area contributed by atoms with E-state index in [0.29, 0.717) is 6.54 Å². The van der Waals surface area contributed by atoms with Crippen LogP contribution >= 0.6 is 11.3 Å². The minimum absolute atomic E-state index is 0.175. The van der Waals surface area contributed by atoms with Gasteiger partial charge in [0.2, 0.25) is 5.88 Å². The van der Waals surface area contributed by atoms with Crippen LogP contribution in [0.25, 0.3) is 0 Å². The van der Waals surface area contributed by atoms with E-state index in [0.717, 1.165) is 21.9 Å². The number of aromatic nitrogens is 2. The molecule has 0 aliphatic carbocycles. The molecular formula is C11H13N3O3S. The Labute approximate surface area is 108 Å². The lowest BCUT2D eigenvalue weighted by Crippen LogP contribution is -2.30. The van der Waals surface area contributed by atoms with Crippen molar-refractivity contribution >= 4 is 17.2 Å². The summed E-state index contributed by atoms with van der Waals surface area (Å²) in [5, 5.41) is 10.7. The number of nitrogens with zero attached hydrogens (tertiary/aromatic N) is 3. The quantitative estimate of drug-likeness (QED) is 0.858. The lowest BCUT2D eigenvalue weighted by Gasteiger charge is -2.17. The number of thiazole rings is 1. The molecule has 0 saturated carbocycles. The molecule has 2 aromatic heterocycles. The number of aromatic hydroxyl groups is 1. The summed E-state index contributed by atoms with van der Waals surface area (Å²) in [5.41, 5.74) is 0. The molecule has 96 valence electrons. The van der Waals surface area contributed by atoms with Crippen molar-refractivity contribution in [3.05, 3.63) is 39.4 Å². The highest BCUT2D eigenvalue weighted by atomic mass is 32.1. The molecule has 0 atom stereocenters. The van der Waals surface area contributed by atoms with Gasteiger partial charge in [0.15, 0.2) is 0 Å². The van der Waals surface area contributed by atoms with E-state index in [9.17, 15) is 9.90 Å². The average Bonchev–Trinajstić information content (AvgIpc) is 2.71. The minimum atomic E-state index is -0.340. The van der Waals surface area contributed by atoms with Gasteiger partial charge in [-0.1, -0.05) is 22.1 Å². The third-order valence-corrected chi connectivity index (χ3v) is 3.02. The van der Waals surface area contributed by atoms with Crippen LogP contribution in [0.4, 0.5) is 5.82 Å². The lowest BCUT2D eigenvalue weighted by molar-refractivity contribution is 0.0920. The van der Waals surface area contributed by atoms with Gasteiger partial charge >= 0.3 is 4.87 Å². The van der Waals surface area contributed by atoms with Crippen molar-refractivity contribution < 1.29 is 9.94 Å². The third-order valence-electron chi connectivity index (χ3n) is 2.33. The molecule has 6 nitrogen and oxygen atoms in total. The van der Waals surface area contributed by atoms with Crippen molar-refractivity contribution in [2.45, 2.75) is 0 Å². The first-order valence-corrected chi connectivity index (χ1v) is 6.21. The summed E-state index contributed by atoms with van der Waals surface area (Å²) in [5.74, 6) is 0.647. The number of pyridine rings is 1. The van der Waals surface area contributed by atoms with Crippen molar-refractivity contribution in [2.75, 3.05) is 25.1 Å². The number of hydrogen-bond acceptors (Lipinski definition) is 6. The molecule has 0 radical (unpaired) electrons. The zero-order valence-corrected chi connectivity index (χ0v) is 10.6. The van der Waals surface area contributed by atoms with Crippen molar-refractivity contribution in [1.29, 1.82) is 0 Å². The van der Waals surface area contributed by atoms with Crippen LogP contribution < -0.4 is 14.6 Å². The highest BCUT2D eigenvalue weighted by Gasteiger charge is 2.06. The Bertz CT molecular complexity index is 552. The molecule has 1 N–H and O–H groups in total. The first kappa shape index (κ1) is 12.4. The second kappa shape index (κ2) is 5.54. The molecule has 0 unspecified atom stereocenters. The van der Waals surface area contributed by atoms with Crippen molar-refractivity contribution in [3.8, 4) is 5.88 Å². The summed E-state index contributed by atoms with van der Waals surface area (Å²) >= 11 is 0.893. The third kappa shape index (κ3) is 2.80. The highest BCUT2D eigenvalue weighted by molar-refractivity contribution is 7.07. The van der Waals surface area contributed by atoms with E-state index in [2.05, 4.69) is 4.98 Å². The van der Waals surface area contributed by atoms with Crippen molar-refractivity contribution in [3.63, 3.8) is 0 Å². The molecule has 2 heterocycles. The van der Waals surface area contributed by atoms with E-state index < -0.39 is 0 Å². The van der Waals surface area contributed by atoms with Gasteiger partial charge in [0.1, 0.15) is 12.4 Å². The minimum Gasteiger partial charge on any atom is -0.492 e.